The molecule has 5 heteroatoms. The van der Waals surface area contributed by atoms with Crippen LogP contribution in [0.2, 0.25) is 0 Å². The highest BCUT2D eigenvalue weighted by molar-refractivity contribution is 6.00. The number of likely N-dealkylation sites (tertiary alicyclic amines) is 1. The van der Waals surface area contributed by atoms with Crippen LogP contribution in [-0.2, 0) is 9.59 Å². The molecule has 0 aromatic carbocycles. The molecule has 0 bridgehead atoms. The first-order valence-electron chi connectivity index (χ1n) is 9.87. The zero-order chi connectivity index (χ0) is 18.6. The Kier molecular flexibility index (Phi) is 6.53. The maximum atomic E-state index is 13.1. The summed E-state index contributed by atoms with van der Waals surface area (Å²) in [5, 5.41) is 3.05. The summed E-state index contributed by atoms with van der Waals surface area (Å²) in [5.74, 6) is 0.557. The number of nitrogens with zero attached hydrogens (tertiary/aromatic N) is 2. The highest BCUT2D eigenvalue weighted by atomic mass is 16.2. The molecule has 2 heterocycles. The van der Waals surface area contributed by atoms with E-state index in [9.17, 15) is 9.59 Å². The van der Waals surface area contributed by atoms with Crippen LogP contribution in [0, 0.1) is 5.92 Å². The van der Waals surface area contributed by atoms with Crippen LogP contribution in [-0.4, -0.2) is 52.8 Å². The Morgan fingerprint density at radius 2 is 1.92 bits per heavy atom. The van der Waals surface area contributed by atoms with Crippen LogP contribution in [0.25, 0.3) is 0 Å². The maximum absolute atomic E-state index is 13.1. The fraction of sp³-hybridized carbons (Fsp3) is 0.800. The number of carbonyl (C=O) groups is 2. The molecular formula is C20H35N3O2. The van der Waals surface area contributed by atoms with Crippen molar-refractivity contribution in [3.8, 4) is 0 Å². The van der Waals surface area contributed by atoms with Gasteiger partial charge in [-0.1, -0.05) is 33.3 Å². The lowest BCUT2D eigenvalue weighted by atomic mass is 9.81. The average Bonchev–Trinajstić information content (AvgIpc) is 2.57. The molecule has 2 amide bonds. The lowest BCUT2D eigenvalue weighted by Crippen LogP contribution is -2.72. The molecule has 2 aliphatic heterocycles. The zero-order valence-corrected chi connectivity index (χ0v) is 16.6. The second-order valence-electron chi connectivity index (χ2n) is 8.04. The third kappa shape index (κ3) is 4.18. The molecule has 0 aliphatic carbocycles. The maximum Gasteiger partial charge on any atom is 0.246 e. The Morgan fingerprint density at radius 3 is 2.44 bits per heavy atom. The van der Waals surface area contributed by atoms with Gasteiger partial charge in [0.2, 0.25) is 11.8 Å². The van der Waals surface area contributed by atoms with Crippen LogP contribution in [0.1, 0.15) is 66.7 Å². The van der Waals surface area contributed by atoms with Crippen LogP contribution < -0.4 is 5.32 Å². The first kappa shape index (κ1) is 19.8. The Bertz CT molecular complexity index is 519. The number of piperidine rings is 1. The average molecular weight is 350 g/mol. The van der Waals surface area contributed by atoms with E-state index in [1.165, 1.54) is 5.57 Å². The van der Waals surface area contributed by atoms with Gasteiger partial charge in [0.25, 0.3) is 0 Å². The lowest BCUT2D eigenvalue weighted by molar-refractivity contribution is -0.161. The smallest absolute Gasteiger partial charge is 0.246 e. The molecule has 25 heavy (non-hydrogen) atoms. The van der Waals surface area contributed by atoms with Gasteiger partial charge >= 0.3 is 0 Å². The van der Waals surface area contributed by atoms with Gasteiger partial charge < -0.3 is 15.1 Å². The third-order valence-corrected chi connectivity index (χ3v) is 5.55. The van der Waals surface area contributed by atoms with E-state index in [1.54, 1.807) is 0 Å². The van der Waals surface area contributed by atoms with E-state index < -0.39 is 5.54 Å². The van der Waals surface area contributed by atoms with Gasteiger partial charge in [-0.15, -0.1) is 0 Å². The number of carbonyl (C=O) groups excluding carboxylic acids is 2. The van der Waals surface area contributed by atoms with E-state index >= 15 is 0 Å². The molecule has 0 radical (unpaired) electrons. The van der Waals surface area contributed by atoms with E-state index in [0.717, 1.165) is 25.9 Å². The van der Waals surface area contributed by atoms with Crippen LogP contribution in [0.3, 0.4) is 0 Å². The number of hydrogen-bond acceptors (Lipinski definition) is 3. The van der Waals surface area contributed by atoms with E-state index in [2.05, 4.69) is 51.0 Å². The van der Waals surface area contributed by atoms with E-state index in [-0.39, 0.29) is 17.9 Å². The van der Waals surface area contributed by atoms with Gasteiger partial charge in [0.1, 0.15) is 11.6 Å². The quantitative estimate of drug-likeness (QED) is 0.802. The summed E-state index contributed by atoms with van der Waals surface area (Å²) in [5.41, 5.74) is 0.702. The van der Waals surface area contributed by atoms with Gasteiger partial charge in [-0.05, 0) is 51.1 Å². The molecule has 2 aliphatic rings. The third-order valence-electron chi connectivity index (χ3n) is 5.55. The predicted octanol–water partition coefficient (Wildman–Crippen LogP) is 2.92. The summed E-state index contributed by atoms with van der Waals surface area (Å²) < 4.78 is 0. The molecule has 0 saturated carbocycles. The molecule has 0 aromatic heterocycles. The predicted molar refractivity (Wildman–Crippen MR) is 101 cm³/mol. The number of hydrogen-bond donors (Lipinski definition) is 1. The Morgan fingerprint density at radius 1 is 1.28 bits per heavy atom. The minimum atomic E-state index is -0.648. The van der Waals surface area contributed by atoms with Gasteiger partial charge in [0.05, 0.1) is 0 Å². The topological polar surface area (TPSA) is 52.7 Å². The SMILES string of the molecule is CCCN1C(=O)C(CC(C)C)NC(=O)C12CCN(C=C(C)CC)CC2. The van der Waals surface area contributed by atoms with Gasteiger partial charge in [-0.2, -0.15) is 0 Å². The second kappa shape index (κ2) is 8.24. The molecular weight excluding hydrogens is 314 g/mol. The fourth-order valence-corrected chi connectivity index (χ4v) is 3.98. The first-order chi connectivity index (χ1) is 11.8. The van der Waals surface area contributed by atoms with Gasteiger partial charge in [0.15, 0.2) is 0 Å². The number of nitrogens with one attached hydrogen (secondary N) is 1. The number of allylic oxidation sites excluding steroid dienone is 1. The molecule has 1 unspecified atom stereocenters. The molecule has 2 rings (SSSR count). The van der Waals surface area contributed by atoms with Crippen molar-refractivity contribution < 1.29 is 9.59 Å². The highest BCUT2D eigenvalue weighted by Crippen LogP contribution is 2.34. The second-order valence-corrected chi connectivity index (χ2v) is 8.04. The van der Waals surface area contributed by atoms with Crippen LogP contribution >= 0.6 is 0 Å². The molecule has 5 nitrogen and oxygen atoms in total. The molecule has 0 aromatic rings. The Hall–Kier alpha value is -1.52. The minimum absolute atomic E-state index is 0.0574. The summed E-state index contributed by atoms with van der Waals surface area (Å²) in [6.45, 7) is 12.9. The summed E-state index contributed by atoms with van der Waals surface area (Å²) in [6, 6.07) is -0.357. The van der Waals surface area contributed by atoms with Crippen molar-refractivity contribution in [1.29, 1.82) is 0 Å². The van der Waals surface area contributed by atoms with Crippen molar-refractivity contribution in [3.63, 3.8) is 0 Å². The minimum Gasteiger partial charge on any atom is -0.377 e. The van der Waals surface area contributed by atoms with Crippen LogP contribution in [0.5, 0.6) is 0 Å². The Balaban J connectivity index is 2.18. The standard InChI is InChI=1S/C20H35N3O2/c1-6-10-23-18(24)17(13-15(3)4)21-19(25)20(23)8-11-22(12-9-20)14-16(5)7-2/h14-15,17H,6-13H2,1-5H3,(H,21,25). The summed E-state index contributed by atoms with van der Waals surface area (Å²) >= 11 is 0. The highest BCUT2D eigenvalue weighted by Gasteiger charge is 2.53. The van der Waals surface area contributed by atoms with Crippen molar-refractivity contribution in [3.05, 3.63) is 11.8 Å². The van der Waals surface area contributed by atoms with E-state index in [1.807, 2.05) is 4.90 Å². The van der Waals surface area contributed by atoms with Crippen molar-refractivity contribution >= 4 is 11.8 Å². The van der Waals surface area contributed by atoms with E-state index in [0.29, 0.717) is 31.7 Å². The fourth-order valence-electron chi connectivity index (χ4n) is 3.98. The largest absolute Gasteiger partial charge is 0.377 e. The van der Waals surface area contributed by atoms with Crippen molar-refractivity contribution in [2.24, 2.45) is 5.92 Å². The summed E-state index contributed by atoms with van der Waals surface area (Å²) in [7, 11) is 0. The molecule has 1 atom stereocenters. The normalized spacial score (nSPS) is 24.2. The molecule has 2 saturated heterocycles. The van der Waals surface area contributed by atoms with Crippen molar-refractivity contribution in [2.45, 2.75) is 78.3 Å². The molecule has 142 valence electrons. The summed E-state index contributed by atoms with van der Waals surface area (Å²) in [4.78, 5) is 30.3. The van der Waals surface area contributed by atoms with Crippen molar-refractivity contribution in [2.75, 3.05) is 19.6 Å². The number of amides is 2. The first-order valence-corrected chi connectivity index (χ1v) is 9.87. The van der Waals surface area contributed by atoms with Gasteiger partial charge in [0, 0.05) is 19.6 Å². The number of rotatable bonds is 6. The van der Waals surface area contributed by atoms with Crippen LogP contribution in [0.4, 0.5) is 0 Å². The molecule has 2 fully saturated rings. The Labute approximate surface area is 152 Å². The van der Waals surface area contributed by atoms with Gasteiger partial charge in [-0.3, -0.25) is 9.59 Å². The molecule has 1 N–H and O–H groups in total. The van der Waals surface area contributed by atoms with Crippen molar-refractivity contribution in [1.82, 2.24) is 15.1 Å². The van der Waals surface area contributed by atoms with Crippen LogP contribution in [0.15, 0.2) is 11.8 Å². The zero-order valence-electron chi connectivity index (χ0n) is 16.6. The monoisotopic (exact) mass is 349 g/mol. The molecule has 1 spiro atoms. The van der Waals surface area contributed by atoms with E-state index in [4.69, 9.17) is 0 Å². The number of piperazine rings is 1. The summed E-state index contributed by atoms with van der Waals surface area (Å²) in [6.07, 6.45) is 6.28. The lowest BCUT2D eigenvalue weighted by Gasteiger charge is -2.51. The van der Waals surface area contributed by atoms with Gasteiger partial charge in [-0.25, -0.2) is 0 Å².